The van der Waals surface area contributed by atoms with E-state index in [0.717, 1.165) is 50.5 Å². The number of piperidine rings is 1. The third kappa shape index (κ3) is 4.28. The molecule has 2 saturated heterocycles. The van der Waals surface area contributed by atoms with Crippen molar-refractivity contribution in [2.45, 2.75) is 12.8 Å². The number of para-hydroxylation sites is 2. The monoisotopic (exact) mass is 374 g/mol. The minimum Gasteiger partial charge on any atom is -0.495 e. The van der Waals surface area contributed by atoms with Crippen molar-refractivity contribution in [2.75, 3.05) is 65.4 Å². The van der Waals surface area contributed by atoms with Gasteiger partial charge in [-0.25, -0.2) is 4.79 Å². The highest BCUT2D eigenvalue weighted by Gasteiger charge is 2.32. The first-order valence-electron chi connectivity index (χ1n) is 9.64. The summed E-state index contributed by atoms with van der Waals surface area (Å²) in [5.41, 5.74) is 1.09. The van der Waals surface area contributed by atoms with Gasteiger partial charge in [0.1, 0.15) is 5.75 Å². The lowest BCUT2D eigenvalue weighted by Crippen LogP contribution is -2.52. The van der Waals surface area contributed by atoms with Crippen molar-refractivity contribution in [1.82, 2.24) is 14.7 Å². The molecule has 2 aliphatic rings. The summed E-state index contributed by atoms with van der Waals surface area (Å²) in [6.45, 7) is 4.40. The van der Waals surface area contributed by atoms with Crippen LogP contribution in [0.4, 0.5) is 10.5 Å². The predicted octanol–water partition coefficient (Wildman–Crippen LogP) is 1.74. The number of hydrogen-bond donors (Lipinski definition) is 0. The lowest BCUT2D eigenvalue weighted by Gasteiger charge is -2.39. The number of piperazine rings is 1. The van der Waals surface area contributed by atoms with Gasteiger partial charge in [-0.1, -0.05) is 12.1 Å². The van der Waals surface area contributed by atoms with Crippen LogP contribution in [0.15, 0.2) is 24.3 Å². The highest BCUT2D eigenvalue weighted by molar-refractivity contribution is 5.80. The Kier molecular flexibility index (Phi) is 6.08. The fraction of sp³-hybridized carbons (Fsp3) is 0.600. The Morgan fingerprint density at radius 2 is 1.59 bits per heavy atom. The molecule has 0 bridgehead atoms. The average Bonchev–Trinajstić information content (AvgIpc) is 2.72. The van der Waals surface area contributed by atoms with Gasteiger partial charge in [-0.05, 0) is 25.0 Å². The molecule has 2 fully saturated rings. The van der Waals surface area contributed by atoms with Gasteiger partial charge >= 0.3 is 6.03 Å². The maximum absolute atomic E-state index is 12.9. The van der Waals surface area contributed by atoms with Crippen molar-refractivity contribution in [3.05, 3.63) is 24.3 Å². The van der Waals surface area contributed by atoms with Crippen LogP contribution in [-0.4, -0.2) is 87.1 Å². The zero-order chi connectivity index (χ0) is 19.4. The highest BCUT2D eigenvalue weighted by atomic mass is 16.5. The molecule has 0 saturated carbocycles. The number of nitrogens with zero attached hydrogens (tertiary/aromatic N) is 4. The third-order valence-electron chi connectivity index (χ3n) is 5.51. The fourth-order valence-electron chi connectivity index (χ4n) is 3.92. The molecule has 0 N–H and O–H groups in total. The van der Waals surface area contributed by atoms with E-state index in [-0.39, 0.29) is 17.9 Å². The molecule has 0 unspecified atom stereocenters. The number of rotatable bonds is 3. The van der Waals surface area contributed by atoms with Crippen LogP contribution in [0.3, 0.4) is 0 Å². The predicted molar refractivity (Wildman–Crippen MR) is 105 cm³/mol. The standard InChI is InChI=1S/C20H30N4O3/c1-21(2)20(26)24-10-8-16(9-11-24)19(25)23-14-12-22(13-15-23)17-6-4-5-7-18(17)27-3/h4-7,16H,8-15H2,1-3H3. The molecule has 1 aromatic carbocycles. The second-order valence-electron chi connectivity index (χ2n) is 7.42. The van der Waals surface area contributed by atoms with Crippen molar-refractivity contribution < 1.29 is 14.3 Å². The molecule has 7 heteroatoms. The first-order chi connectivity index (χ1) is 13.0. The molecular weight excluding hydrogens is 344 g/mol. The number of urea groups is 1. The molecule has 1 aromatic rings. The Bertz CT molecular complexity index is 663. The van der Waals surface area contributed by atoms with E-state index in [2.05, 4.69) is 11.0 Å². The topological polar surface area (TPSA) is 56.3 Å². The van der Waals surface area contributed by atoms with Gasteiger partial charge in [0.2, 0.25) is 5.91 Å². The van der Waals surface area contributed by atoms with Crippen LogP contribution < -0.4 is 9.64 Å². The van der Waals surface area contributed by atoms with E-state index in [9.17, 15) is 9.59 Å². The molecule has 0 radical (unpaired) electrons. The molecule has 27 heavy (non-hydrogen) atoms. The molecule has 7 nitrogen and oxygen atoms in total. The minimum atomic E-state index is 0.0336. The van der Waals surface area contributed by atoms with Crippen molar-refractivity contribution in [1.29, 1.82) is 0 Å². The summed E-state index contributed by atoms with van der Waals surface area (Å²) in [7, 11) is 5.22. The maximum atomic E-state index is 12.9. The van der Waals surface area contributed by atoms with Crippen LogP contribution in [0.2, 0.25) is 0 Å². The molecule has 148 valence electrons. The summed E-state index contributed by atoms with van der Waals surface area (Å²) in [6, 6.07) is 8.04. The molecule has 3 rings (SSSR count). The SMILES string of the molecule is COc1ccccc1N1CCN(C(=O)C2CCN(C(=O)N(C)C)CC2)CC1. The van der Waals surface area contributed by atoms with Gasteiger partial charge in [0.15, 0.2) is 0 Å². The third-order valence-corrected chi connectivity index (χ3v) is 5.51. The smallest absolute Gasteiger partial charge is 0.319 e. The molecule has 0 atom stereocenters. The zero-order valence-corrected chi connectivity index (χ0v) is 16.6. The number of carbonyl (C=O) groups is 2. The quantitative estimate of drug-likeness (QED) is 0.809. The molecule has 2 aliphatic heterocycles. The summed E-state index contributed by atoms with van der Waals surface area (Å²) in [5.74, 6) is 1.15. The normalized spacial score (nSPS) is 18.4. The first kappa shape index (κ1) is 19.3. The zero-order valence-electron chi connectivity index (χ0n) is 16.6. The second kappa shape index (κ2) is 8.50. The number of methoxy groups -OCH3 is 1. The Morgan fingerprint density at radius 3 is 2.19 bits per heavy atom. The number of carbonyl (C=O) groups excluding carboxylic acids is 2. The van der Waals surface area contributed by atoms with Crippen LogP contribution in [0, 0.1) is 5.92 Å². The summed E-state index contributed by atoms with van der Waals surface area (Å²) < 4.78 is 5.46. The van der Waals surface area contributed by atoms with Crippen LogP contribution >= 0.6 is 0 Å². The first-order valence-corrected chi connectivity index (χ1v) is 9.64. The van der Waals surface area contributed by atoms with E-state index in [1.807, 2.05) is 28.0 Å². The number of amides is 3. The van der Waals surface area contributed by atoms with Crippen LogP contribution in [0.1, 0.15) is 12.8 Å². The van der Waals surface area contributed by atoms with Crippen molar-refractivity contribution in [2.24, 2.45) is 5.92 Å². The number of likely N-dealkylation sites (tertiary alicyclic amines) is 1. The molecule has 2 heterocycles. The molecule has 0 spiro atoms. The summed E-state index contributed by atoms with van der Waals surface area (Å²) in [5, 5.41) is 0. The van der Waals surface area contributed by atoms with Gasteiger partial charge in [0.05, 0.1) is 12.8 Å². The van der Waals surface area contributed by atoms with E-state index in [0.29, 0.717) is 13.1 Å². The Labute approximate surface area is 161 Å². The van der Waals surface area contributed by atoms with Gasteiger partial charge in [-0.15, -0.1) is 0 Å². The van der Waals surface area contributed by atoms with Crippen molar-refractivity contribution in [3.63, 3.8) is 0 Å². The second-order valence-corrected chi connectivity index (χ2v) is 7.42. The van der Waals surface area contributed by atoms with Crippen LogP contribution in [0.25, 0.3) is 0 Å². The van der Waals surface area contributed by atoms with Gasteiger partial charge in [-0.3, -0.25) is 4.79 Å². The van der Waals surface area contributed by atoms with Gasteiger partial charge in [-0.2, -0.15) is 0 Å². The fourth-order valence-corrected chi connectivity index (χ4v) is 3.92. The molecule has 0 aromatic heterocycles. The number of ether oxygens (including phenoxy) is 1. The Hall–Kier alpha value is -2.44. The minimum absolute atomic E-state index is 0.0336. The number of benzene rings is 1. The van der Waals surface area contributed by atoms with Gasteiger partial charge < -0.3 is 24.3 Å². The average molecular weight is 374 g/mol. The number of anilines is 1. The van der Waals surface area contributed by atoms with E-state index in [1.54, 1.807) is 26.1 Å². The largest absolute Gasteiger partial charge is 0.495 e. The van der Waals surface area contributed by atoms with Crippen molar-refractivity contribution in [3.8, 4) is 5.75 Å². The Balaban J connectivity index is 1.51. The van der Waals surface area contributed by atoms with E-state index in [4.69, 9.17) is 4.74 Å². The summed E-state index contributed by atoms with van der Waals surface area (Å²) in [6.07, 6.45) is 1.51. The molecular formula is C20H30N4O3. The molecule has 0 aliphatic carbocycles. The van der Waals surface area contributed by atoms with Gasteiger partial charge in [0.25, 0.3) is 0 Å². The summed E-state index contributed by atoms with van der Waals surface area (Å²) in [4.78, 5) is 32.6. The van der Waals surface area contributed by atoms with Crippen LogP contribution in [-0.2, 0) is 4.79 Å². The summed E-state index contributed by atoms with van der Waals surface area (Å²) >= 11 is 0. The van der Waals surface area contributed by atoms with E-state index in [1.165, 1.54) is 0 Å². The van der Waals surface area contributed by atoms with Crippen LogP contribution in [0.5, 0.6) is 5.75 Å². The Morgan fingerprint density at radius 1 is 0.963 bits per heavy atom. The lowest BCUT2D eigenvalue weighted by molar-refractivity contribution is -0.137. The van der Waals surface area contributed by atoms with E-state index >= 15 is 0 Å². The van der Waals surface area contributed by atoms with E-state index < -0.39 is 0 Å². The lowest BCUT2D eigenvalue weighted by atomic mass is 9.95. The highest BCUT2D eigenvalue weighted by Crippen LogP contribution is 2.29. The van der Waals surface area contributed by atoms with Crippen molar-refractivity contribution >= 4 is 17.6 Å². The molecule has 3 amide bonds. The van der Waals surface area contributed by atoms with Gasteiger partial charge in [0, 0.05) is 59.3 Å². The number of hydrogen-bond acceptors (Lipinski definition) is 4. The maximum Gasteiger partial charge on any atom is 0.319 e.